The number of rotatable bonds is 2. The Balaban J connectivity index is 2.26. The Morgan fingerprint density at radius 2 is 2.23 bits per heavy atom. The molecule has 0 amide bonds. The summed E-state index contributed by atoms with van der Waals surface area (Å²) in [4.78, 5) is 1.96. The zero-order valence-electron chi connectivity index (χ0n) is 10.0. The van der Waals surface area contributed by atoms with E-state index in [1.165, 1.54) is 0 Å². The van der Waals surface area contributed by atoms with E-state index >= 15 is 0 Å². The van der Waals surface area contributed by atoms with Crippen LogP contribution in [0.25, 0.3) is 0 Å². The van der Waals surface area contributed by atoms with Gasteiger partial charge in [-0.05, 0) is 31.9 Å². The van der Waals surface area contributed by atoms with Crippen molar-refractivity contribution in [3.8, 4) is 0 Å². The lowest BCUT2D eigenvalue weighted by atomic mass is 10.2. The first-order valence-corrected chi connectivity index (χ1v) is 4.94. The molecule has 2 rings (SSSR count). The van der Waals surface area contributed by atoms with E-state index in [1.54, 1.807) is 0 Å². The van der Waals surface area contributed by atoms with Crippen molar-refractivity contribution >= 4 is 0 Å². The zero-order valence-corrected chi connectivity index (χ0v) is 8.03. The summed E-state index contributed by atoms with van der Waals surface area (Å²) in [5.74, 6) is 0. The summed E-state index contributed by atoms with van der Waals surface area (Å²) in [5, 5.41) is 0. The van der Waals surface area contributed by atoms with E-state index < -0.39 is 6.50 Å². The van der Waals surface area contributed by atoms with Crippen LogP contribution in [0.1, 0.15) is 28.1 Å². The van der Waals surface area contributed by atoms with Crippen molar-refractivity contribution in [3.05, 3.63) is 35.9 Å². The fourth-order valence-electron chi connectivity index (χ4n) is 1.78. The van der Waals surface area contributed by atoms with Gasteiger partial charge in [-0.25, -0.2) is 0 Å². The highest BCUT2D eigenvalue weighted by Gasteiger charge is 2.19. The number of likely N-dealkylation sites (tertiary alicyclic amines) is 1. The Morgan fingerprint density at radius 1 is 1.46 bits per heavy atom. The topological polar surface area (TPSA) is 3.24 Å². The molecule has 70 valence electrons. The van der Waals surface area contributed by atoms with Crippen LogP contribution in [0.4, 0.5) is 0 Å². The van der Waals surface area contributed by atoms with Crippen molar-refractivity contribution in [1.29, 1.82) is 0 Å². The second kappa shape index (κ2) is 3.93. The summed E-state index contributed by atoms with van der Waals surface area (Å²) in [7, 11) is 0. The van der Waals surface area contributed by atoms with Crippen molar-refractivity contribution in [1.82, 2.24) is 4.90 Å². The fraction of sp³-hybridized carbons (Fsp3) is 0.500. The minimum absolute atomic E-state index is 0.347. The minimum atomic E-state index is -1.32. The molecule has 1 heterocycles. The lowest BCUT2D eigenvalue weighted by Crippen LogP contribution is -2.25. The Kier molecular flexibility index (Phi) is 1.99. The smallest absolute Gasteiger partial charge is 0.0481 e. The van der Waals surface area contributed by atoms with Gasteiger partial charge in [0.05, 0.1) is 0 Å². The molecule has 1 aromatic rings. The Labute approximate surface area is 83.2 Å². The molecular formula is C12H17N. The molecule has 1 heteroatoms. The van der Waals surface area contributed by atoms with Gasteiger partial charge in [-0.15, -0.1) is 0 Å². The molecule has 0 N–H and O–H groups in total. The van der Waals surface area contributed by atoms with Crippen LogP contribution in [0.2, 0.25) is 0 Å². The van der Waals surface area contributed by atoms with E-state index in [4.69, 9.17) is 2.74 Å². The van der Waals surface area contributed by atoms with Gasteiger partial charge in [-0.1, -0.05) is 30.3 Å². The predicted molar refractivity (Wildman–Crippen MR) is 55.5 cm³/mol. The molecule has 0 spiro atoms. The second-order valence-electron chi connectivity index (χ2n) is 3.66. The van der Waals surface area contributed by atoms with Gasteiger partial charge >= 0.3 is 0 Å². The van der Waals surface area contributed by atoms with Crippen molar-refractivity contribution in [2.75, 3.05) is 6.54 Å². The van der Waals surface area contributed by atoms with E-state index in [9.17, 15) is 0 Å². The Bertz CT molecular complexity index is 324. The lowest BCUT2D eigenvalue weighted by molar-refractivity contribution is 0.260. The van der Waals surface area contributed by atoms with Crippen LogP contribution < -0.4 is 0 Å². The summed E-state index contributed by atoms with van der Waals surface area (Å²) < 4.78 is 16.4. The highest BCUT2D eigenvalue weighted by molar-refractivity contribution is 5.14. The van der Waals surface area contributed by atoms with Gasteiger partial charge in [0.25, 0.3) is 0 Å². The number of hydrogen-bond acceptors (Lipinski definition) is 1. The molecule has 1 nitrogen and oxygen atoms in total. The van der Waals surface area contributed by atoms with Crippen LogP contribution >= 0.6 is 0 Å². The van der Waals surface area contributed by atoms with Gasteiger partial charge in [-0.2, -0.15) is 0 Å². The van der Waals surface area contributed by atoms with Crippen molar-refractivity contribution < 1.29 is 2.74 Å². The summed E-state index contributed by atoms with van der Waals surface area (Å²) in [6.45, 7) is 1.65. The number of nitrogens with zero attached hydrogens (tertiary/aromatic N) is 1. The van der Waals surface area contributed by atoms with E-state index in [0.29, 0.717) is 6.04 Å². The minimum Gasteiger partial charge on any atom is -0.296 e. The molecule has 1 aromatic carbocycles. The van der Waals surface area contributed by atoms with Crippen molar-refractivity contribution in [2.24, 2.45) is 0 Å². The summed E-state index contributed by atoms with van der Waals surface area (Å²) in [5.41, 5.74) is 0.763. The summed E-state index contributed by atoms with van der Waals surface area (Å²) in [6, 6.07) is 9.80. The molecule has 1 unspecified atom stereocenters. The molecule has 0 bridgehead atoms. The molecule has 0 aliphatic carbocycles. The predicted octanol–water partition coefficient (Wildman–Crippen LogP) is 2.67. The molecular weight excluding hydrogens is 158 g/mol. The standard InChI is InChI=1S/C12H17N/c1-11-6-5-9-13(11)10-12-7-3-2-4-8-12/h2-4,7-8,11H,5-6,9-10H2,1H3/i10D2. The first kappa shape index (κ1) is 6.61. The molecule has 0 radical (unpaired) electrons. The average molecular weight is 177 g/mol. The van der Waals surface area contributed by atoms with Crippen LogP contribution in [0, 0.1) is 0 Å². The average Bonchev–Trinajstić information content (AvgIpc) is 2.66. The molecule has 0 aromatic heterocycles. The van der Waals surface area contributed by atoms with Crippen molar-refractivity contribution in [3.63, 3.8) is 0 Å². The Hall–Kier alpha value is -0.820. The van der Waals surface area contributed by atoms with Gasteiger partial charge < -0.3 is 0 Å². The molecule has 1 atom stereocenters. The summed E-state index contributed by atoms with van der Waals surface area (Å²) >= 11 is 0. The number of benzene rings is 1. The third-order valence-electron chi connectivity index (χ3n) is 2.60. The second-order valence-corrected chi connectivity index (χ2v) is 3.66. The van der Waals surface area contributed by atoms with Gasteiger partial charge in [0.2, 0.25) is 0 Å². The molecule has 0 saturated carbocycles. The van der Waals surface area contributed by atoms with Crippen molar-refractivity contribution in [2.45, 2.75) is 32.3 Å². The first-order valence-electron chi connectivity index (χ1n) is 5.94. The van der Waals surface area contributed by atoms with E-state index in [2.05, 4.69) is 6.92 Å². The monoisotopic (exact) mass is 177 g/mol. The lowest BCUT2D eigenvalue weighted by Gasteiger charge is -2.20. The summed E-state index contributed by atoms with van der Waals surface area (Å²) in [6.07, 6.45) is 2.21. The normalized spacial score (nSPS) is 27.0. The third-order valence-corrected chi connectivity index (χ3v) is 2.60. The van der Waals surface area contributed by atoms with Crippen LogP contribution in [-0.4, -0.2) is 17.5 Å². The maximum Gasteiger partial charge on any atom is 0.0481 e. The van der Waals surface area contributed by atoms with E-state index in [-0.39, 0.29) is 0 Å². The van der Waals surface area contributed by atoms with Crippen LogP contribution in [0.5, 0.6) is 0 Å². The molecule has 1 aliphatic rings. The molecule has 1 aliphatic heterocycles. The maximum atomic E-state index is 8.19. The number of hydrogen-bond donors (Lipinski definition) is 0. The van der Waals surface area contributed by atoms with Crippen LogP contribution in [0.15, 0.2) is 30.3 Å². The van der Waals surface area contributed by atoms with Gasteiger partial charge in [0.15, 0.2) is 0 Å². The first-order chi connectivity index (χ1) is 7.12. The Morgan fingerprint density at radius 3 is 2.85 bits per heavy atom. The quantitative estimate of drug-likeness (QED) is 0.671. The van der Waals surface area contributed by atoms with Gasteiger partial charge in [0.1, 0.15) is 0 Å². The highest BCUT2D eigenvalue weighted by Crippen LogP contribution is 2.18. The maximum absolute atomic E-state index is 8.19. The van der Waals surface area contributed by atoms with Crippen LogP contribution in [-0.2, 0) is 6.50 Å². The molecule has 1 saturated heterocycles. The third kappa shape index (κ3) is 2.10. The molecule has 13 heavy (non-hydrogen) atoms. The zero-order chi connectivity index (χ0) is 10.9. The highest BCUT2D eigenvalue weighted by atomic mass is 15.2. The van der Waals surface area contributed by atoms with E-state index in [0.717, 1.165) is 24.9 Å². The van der Waals surface area contributed by atoms with Gasteiger partial charge in [0, 0.05) is 15.3 Å². The van der Waals surface area contributed by atoms with Crippen LogP contribution in [0.3, 0.4) is 0 Å². The van der Waals surface area contributed by atoms with Gasteiger partial charge in [-0.3, -0.25) is 4.90 Å². The van der Waals surface area contributed by atoms with E-state index in [1.807, 2.05) is 35.2 Å². The largest absolute Gasteiger partial charge is 0.296 e. The SMILES string of the molecule is [2H]C([2H])(c1ccccc1)N1CCCC1C. The fourth-order valence-corrected chi connectivity index (χ4v) is 1.78. The molecule has 1 fully saturated rings.